The van der Waals surface area contributed by atoms with Crippen LogP contribution in [-0.4, -0.2) is 4.57 Å². The van der Waals surface area contributed by atoms with Crippen molar-refractivity contribution in [2.75, 3.05) is 4.90 Å². The molecular formula is C46H30N2S. The molecule has 0 spiro atoms. The third-order valence-electron chi connectivity index (χ3n) is 9.76. The largest absolute Gasteiger partial charge is 0.308 e. The van der Waals surface area contributed by atoms with Gasteiger partial charge in [0, 0.05) is 47.9 Å². The first-order valence-electron chi connectivity index (χ1n) is 16.7. The minimum absolute atomic E-state index is 1.13. The molecule has 0 radical (unpaired) electrons. The number of anilines is 3. The molecule has 10 rings (SSSR count). The second-order valence-corrected chi connectivity index (χ2v) is 13.6. The summed E-state index contributed by atoms with van der Waals surface area (Å²) in [7, 11) is 0. The van der Waals surface area contributed by atoms with Crippen molar-refractivity contribution in [1.29, 1.82) is 0 Å². The first-order chi connectivity index (χ1) is 24.3. The molecule has 3 heteroatoms. The van der Waals surface area contributed by atoms with E-state index in [-0.39, 0.29) is 0 Å². The Bertz CT molecular complexity index is 2830. The van der Waals surface area contributed by atoms with Crippen molar-refractivity contribution in [3.8, 4) is 16.8 Å². The van der Waals surface area contributed by atoms with Crippen LogP contribution in [0.3, 0.4) is 0 Å². The molecule has 2 nitrogen and oxygen atoms in total. The van der Waals surface area contributed by atoms with Crippen molar-refractivity contribution >= 4 is 81.1 Å². The SMILES string of the molecule is c1ccc(-c2ccccc2N(c2ccc3c(c2)sc2c4ccccc4ccc32)c2cccc3c4ccccc4n(-c4ccccc4)c23)cc1. The van der Waals surface area contributed by atoms with Crippen LogP contribution >= 0.6 is 11.3 Å². The number of nitrogens with zero attached hydrogens (tertiary/aromatic N) is 2. The highest BCUT2D eigenvalue weighted by Crippen LogP contribution is 2.48. The molecule has 0 bridgehead atoms. The van der Waals surface area contributed by atoms with Crippen molar-refractivity contribution in [2.24, 2.45) is 0 Å². The molecule has 0 aliphatic heterocycles. The summed E-state index contributed by atoms with van der Waals surface area (Å²) in [6.07, 6.45) is 0. The van der Waals surface area contributed by atoms with Gasteiger partial charge in [0.1, 0.15) is 0 Å². The second-order valence-electron chi connectivity index (χ2n) is 12.5. The molecule has 0 N–H and O–H groups in total. The minimum Gasteiger partial charge on any atom is -0.308 e. The minimum atomic E-state index is 1.13. The molecule has 230 valence electrons. The van der Waals surface area contributed by atoms with Crippen LogP contribution in [0.4, 0.5) is 17.1 Å². The molecule has 49 heavy (non-hydrogen) atoms. The number of para-hydroxylation sites is 4. The van der Waals surface area contributed by atoms with E-state index in [1.165, 1.54) is 63.9 Å². The van der Waals surface area contributed by atoms with Gasteiger partial charge in [0.25, 0.3) is 0 Å². The van der Waals surface area contributed by atoms with Gasteiger partial charge in [-0.3, -0.25) is 0 Å². The number of thiophene rings is 1. The Hall–Kier alpha value is -6.16. The van der Waals surface area contributed by atoms with Gasteiger partial charge in [0.2, 0.25) is 0 Å². The van der Waals surface area contributed by atoms with Crippen LogP contribution in [0.25, 0.3) is 69.6 Å². The van der Waals surface area contributed by atoms with Gasteiger partial charge in [-0.2, -0.15) is 0 Å². The van der Waals surface area contributed by atoms with Gasteiger partial charge >= 0.3 is 0 Å². The van der Waals surface area contributed by atoms with E-state index in [4.69, 9.17) is 0 Å². The van der Waals surface area contributed by atoms with Gasteiger partial charge in [0.15, 0.2) is 0 Å². The van der Waals surface area contributed by atoms with Gasteiger partial charge in [-0.15, -0.1) is 11.3 Å². The average molecular weight is 643 g/mol. The highest BCUT2D eigenvalue weighted by atomic mass is 32.1. The maximum absolute atomic E-state index is 2.48. The van der Waals surface area contributed by atoms with Crippen LogP contribution in [0, 0.1) is 0 Å². The van der Waals surface area contributed by atoms with Crippen molar-refractivity contribution in [3.63, 3.8) is 0 Å². The Morgan fingerprint density at radius 2 is 1.12 bits per heavy atom. The fourth-order valence-corrected chi connectivity index (χ4v) is 8.87. The topological polar surface area (TPSA) is 8.17 Å². The van der Waals surface area contributed by atoms with Crippen LogP contribution < -0.4 is 4.90 Å². The van der Waals surface area contributed by atoms with Gasteiger partial charge in [0.05, 0.1) is 22.4 Å². The smallest absolute Gasteiger partial charge is 0.0782 e. The van der Waals surface area contributed by atoms with Crippen molar-refractivity contribution < 1.29 is 0 Å². The quantitative estimate of drug-likeness (QED) is 0.181. The van der Waals surface area contributed by atoms with E-state index in [0.717, 1.165) is 22.7 Å². The predicted octanol–water partition coefficient (Wildman–Crippen LogP) is 13.4. The van der Waals surface area contributed by atoms with Crippen molar-refractivity contribution in [2.45, 2.75) is 0 Å². The van der Waals surface area contributed by atoms with E-state index >= 15 is 0 Å². The van der Waals surface area contributed by atoms with E-state index < -0.39 is 0 Å². The summed E-state index contributed by atoms with van der Waals surface area (Å²) in [4.78, 5) is 2.48. The van der Waals surface area contributed by atoms with Gasteiger partial charge < -0.3 is 9.47 Å². The molecule has 10 aromatic rings. The highest BCUT2D eigenvalue weighted by molar-refractivity contribution is 7.26. The maximum atomic E-state index is 2.48. The molecule has 0 amide bonds. The van der Waals surface area contributed by atoms with Gasteiger partial charge in [-0.05, 0) is 58.8 Å². The first-order valence-corrected chi connectivity index (χ1v) is 17.5. The van der Waals surface area contributed by atoms with Crippen LogP contribution in [0.5, 0.6) is 0 Å². The molecule has 0 fully saturated rings. The monoisotopic (exact) mass is 642 g/mol. The zero-order valence-corrected chi connectivity index (χ0v) is 27.4. The molecule has 8 aromatic carbocycles. The summed E-state index contributed by atoms with van der Waals surface area (Å²) in [6, 6.07) is 66.1. The molecule has 0 unspecified atom stereocenters. The molecule has 0 aliphatic rings. The van der Waals surface area contributed by atoms with Crippen LogP contribution in [0.15, 0.2) is 182 Å². The zero-order chi connectivity index (χ0) is 32.3. The lowest BCUT2D eigenvalue weighted by Crippen LogP contribution is -2.12. The van der Waals surface area contributed by atoms with E-state index in [9.17, 15) is 0 Å². The lowest BCUT2D eigenvalue weighted by atomic mass is 10.0. The molecule has 0 saturated heterocycles. The number of benzene rings is 8. The maximum Gasteiger partial charge on any atom is 0.0782 e. The van der Waals surface area contributed by atoms with Crippen LogP contribution in [0.2, 0.25) is 0 Å². The lowest BCUT2D eigenvalue weighted by Gasteiger charge is -2.29. The van der Waals surface area contributed by atoms with Crippen LogP contribution in [0.1, 0.15) is 0 Å². The number of hydrogen-bond acceptors (Lipinski definition) is 2. The molecule has 0 aliphatic carbocycles. The molecule has 2 aromatic heterocycles. The summed E-state index contributed by atoms with van der Waals surface area (Å²) in [6.45, 7) is 0. The summed E-state index contributed by atoms with van der Waals surface area (Å²) in [5, 5.41) is 7.67. The summed E-state index contributed by atoms with van der Waals surface area (Å²) in [5.74, 6) is 0. The normalized spacial score (nSPS) is 11.7. The Morgan fingerprint density at radius 1 is 0.449 bits per heavy atom. The Morgan fingerprint density at radius 3 is 2.00 bits per heavy atom. The Balaban J connectivity index is 1.31. The number of fused-ring (bicyclic) bond motifs is 8. The fraction of sp³-hybridized carbons (Fsp3) is 0. The van der Waals surface area contributed by atoms with Crippen LogP contribution in [-0.2, 0) is 0 Å². The third-order valence-corrected chi connectivity index (χ3v) is 11.0. The summed E-state index contributed by atoms with van der Waals surface area (Å²) in [5.41, 5.74) is 9.29. The molecule has 0 saturated carbocycles. The number of aromatic nitrogens is 1. The number of hydrogen-bond donors (Lipinski definition) is 0. The molecular weight excluding hydrogens is 613 g/mol. The average Bonchev–Trinajstić information content (AvgIpc) is 3.72. The van der Waals surface area contributed by atoms with Gasteiger partial charge in [-0.1, -0.05) is 140 Å². The molecule has 2 heterocycles. The lowest BCUT2D eigenvalue weighted by molar-refractivity contribution is 1.17. The van der Waals surface area contributed by atoms with Crippen molar-refractivity contribution in [1.82, 2.24) is 4.57 Å². The molecule has 0 atom stereocenters. The fourth-order valence-electron chi connectivity index (χ4n) is 7.60. The van der Waals surface area contributed by atoms with E-state index in [0.29, 0.717) is 0 Å². The van der Waals surface area contributed by atoms with E-state index in [1.54, 1.807) is 0 Å². The van der Waals surface area contributed by atoms with Gasteiger partial charge in [-0.25, -0.2) is 0 Å². The Labute approximate surface area is 288 Å². The summed E-state index contributed by atoms with van der Waals surface area (Å²) < 4.78 is 5.05. The zero-order valence-electron chi connectivity index (χ0n) is 26.6. The second kappa shape index (κ2) is 11.2. The highest BCUT2D eigenvalue weighted by Gasteiger charge is 2.24. The Kier molecular flexibility index (Phi) is 6.39. The standard InChI is InChI=1S/C46H30N2S/c1-3-14-31(15-4-1)35-19-9-11-23-41(35)47(34-27-29-38-40-28-26-32-16-7-8-20-36(32)46(40)49-44(38)30-34)43-25-13-22-39-37-21-10-12-24-42(37)48(45(39)43)33-17-5-2-6-18-33/h1-30H. The van der Waals surface area contributed by atoms with Crippen molar-refractivity contribution in [3.05, 3.63) is 182 Å². The predicted molar refractivity (Wildman–Crippen MR) is 211 cm³/mol. The van der Waals surface area contributed by atoms with E-state index in [2.05, 4.69) is 191 Å². The summed E-state index contributed by atoms with van der Waals surface area (Å²) >= 11 is 1.89. The number of rotatable bonds is 5. The first kappa shape index (κ1) is 27.9. The third kappa shape index (κ3) is 4.40. The van der Waals surface area contributed by atoms with E-state index in [1.807, 2.05) is 11.3 Å².